The third-order valence-electron chi connectivity index (χ3n) is 7.31. The first-order valence-corrected chi connectivity index (χ1v) is 19.3. The molecule has 0 saturated heterocycles. The summed E-state index contributed by atoms with van der Waals surface area (Å²) in [6, 6.07) is 17.6. The van der Waals surface area contributed by atoms with Crippen LogP contribution in [-0.2, 0) is 29.8 Å². The molecule has 16 nitrogen and oxygen atoms in total. The Morgan fingerprint density at radius 1 is 0.571 bits per heavy atom. The summed E-state index contributed by atoms with van der Waals surface area (Å²) in [6.45, 7) is 3.22. The van der Waals surface area contributed by atoms with Crippen LogP contribution in [-0.4, -0.2) is 61.3 Å². The normalized spacial score (nSPS) is 17.0. The number of rotatable bonds is 8. The summed E-state index contributed by atoms with van der Waals surface area (Å²) in [6.07, 6.45) is 0. The number of nitrogens with zero attached hydrogens (tertiary/aromatic N) is 8. The molecular weight excluding hydrogens is 909 g/mol. The number of anilines is 2. The van der Waals surface area contributed by atoms with Crippen molar-refractivity contribution in [2.45, 2.75) is 35.7 Å². The molecule has 0 saturated carbocycles. The van der Waals surface area contributed by atoms with Crippen LogP contribution in [0.3, 0.4) is 0 Å². The zero-order valence-electron chi connectivity index (χ0n) is 29.4. The van der Waals surface area contributed by atoms with Crippen LogP contribution in [0.15, 0.2) is 125 Å². The van der Waals surface area contributed by atoms with Gasteiger partial charge in [-0.15, -0.1) is 0 Å². The molecule has 0 bridgehead atoms. The molecule has 0 fully saturated rings. The molecule has 0 spiro atoms. The van der Waals surface area contributed by atoms with Crippen molar-refractivity contribution in [3.05, 3.63) is 105 Å². The second kappa shape index (κ2) is 20.7. The number of hydrazone groups is 2. The van der Waals surface area contributed by atoms with E-state index in [-0.39, 0.29) is 124 Å². The van der Waals surface area contributed by atoms with Gasteiger partial charge >= 0.3 is 103 Å². The SMILES string of the molecule is CC1=NN(c2ccc(Cl)cc2)C(=O)C1N=Nc1cc(S(=O)(=O)[O-])ccc1Cl.CC1=NN(c2ccc(Cl)cc2)C(=O)C1N=Nc1cc(S(=O)(=O)[O-])ccc1Cl.[K+].[K+]. The number of carbonyl (C=O) groups excluding carboxylic acids is 2. The second-order valence-electron chi connectivity index (χ2n) is 11.1. The van der Waals surface area contributed by atoms with Gasteiger partial charge < -0.3 is 9.11 Å². The van der Waals surface area contributed by atoms with Gasteiger partial charge in [-0.25, -0.2) is 16.8 Å². The summed E-state index contributed by atoms with van der Waals surface area (Å²) >= 11 is 23.6. The fraction of sp³-hybridized carbons (Fsp3) is 0.125. The number of benzene rings is 4. The quantitative estimate of drug-likeness (QED) is 0.143. The molecular formula is C32H22Cl4K2N8O8S2. The maximum Gasteiger partial charge on any atom is 1.00 e. The smallest absolute Gasteiger partial charge is 0.744 e. The van der Waals surface area contributed by atoms with Crippen LogP contribution < -0.4 is 113 Å². The van der Waals surface area contributed by atoms with Crippen LogP contribution in [0.5, 0.6) is 0 Å². The van der Waals surface area contributed by atoms with Crippen LogP contribution in [0.1, 0.15) is 13.8 Å². The van der Waals surface area contributed by atoms with E-state index in [1.54, 1.807) is 62.4 Å². The Kier molecular flexibility index (Phi) is 18.1. The van der Waals surface area contributed by atoms with Crippen molar-refractivity contribution in [2.75, 3.05) is 10.0 Å². The van der Waals surface area contributed by atoms with Crippen LogP contribution in [0.2, 0.25) is 20.1 Å². The molecule has 2 atom stereocenters. The van der Waals surface area contributed by atoms with Crippen LogP contribution in [0, 0.1) is 0 Å². The maximum absolute atomic E-state index is 12.6. The first-order valence-electron chi connectivity index (χ1n) is 15.0. The molecule has 56 heavy (non-hydrogen) atoms. The first-order chi connectivity index (χ1) is 25.3. The molecule has 2 heterocycles. The zero-order chi connectivity index (χ0) is 39.5. The third kappa shape index (κ3) is 12.3. The molecule has 6 rings (SSSR count). The van der Waals surface area contributed by atoms with E-state index in [0.29, 0.717) is 32.8 Å². The van der Waals surface area contributed by atoms with Gasteiger partial charge in [0.2, 0.25) is 0 Å². The Balaban J connectivity index is 0.000000290. The van der Waals surface area contributed by atoms with Crippen LogP contribution in [0.25, 0.3) is 0 Å². The van der Waals surface area contributed by atoms with Crippen molar-refractivity contribution in [3.63, 3.8) is 0 Å². The van der Waals surface area contributed by atoms with Crippen molar-refractivity contribution in [3.8, 4) is 0 Å². The molecule has 2 aliphatic rings. The predicted molar refractivity (Wildman–Crippen MR) is 200 cm³/mol. The molecule has 2 aliphatic heterocycles. The second-order valence-corrected chi connectivity index (χ2v) is 15.6. The first kappa shape index (κ1) is 49.0. The molecule has 0 aromatic heterocycles. The molecule has 0 N–H and O–H groups in total. The van der Waals surface area contributed by atoms with E-state index in [1.165, 1.54) is 22.2 Å². The number of hydrogen-bond acceptors (Lipinski definition) is 14. The number of azo groups is 2. The van der Waals surface area contributed by atoms with Gasteiger partial charge in [0.05, 0.1) is 42.6 Å². The molecule has 24 heteroatoms. The summed E-state index contributed by atoms with van der Waals surface area (Å²) in [5, 5.41) is 27.4. The number of hydrogen-bond donors (Lipinski definition) is 0. The van der Waals surface area contributed by atoms with E-state index in [1.807, 2.05) is 0 Å². The fourth-order valence-electron chi connectivity index (χ4n) is 4.60. The average Bonchev–Trinajstić information content (AvgIpc) is 3.55. The van der Waals surface area contributed by atoms with E-state index in [9.17, 15) is 35.5 Å². The van der Waals surface area contributed by atoms with Gasteiger partial charge in [0.25, 0.3) is 11.8 Å². The fourth-order valence-corrected chi connectivity index (χ4v) is 6.15. The minimum atomic E-state index is -4.67. The van der Waals surface area contributed by atoms with Crippen molar-refractivity contribution in [1.29, 1.82) is 0 Å². The molecule has 2 amide bonds. The van der Waals surface area contributed by atoms with Gasteiger partial charge in [0, 0.05) is 10.0 Å². The van der Waals surface area contributed by atoms with E-state index in [0.717, 1.165) is 24.3 Å². The molecule has 0 radical (unpaired) electrons. The van der Waals surface area contributed by atoms with E-state index < -0.39 is 53.9 Å². The van der Waals surface area contributed by atoms with Gasteiger partial charge in [0.1, 0.15) is 31.6 Å². The van der Waals surface area contributed by atoms with Crippen molar-refractivity contribution >= 4 is 113 Å². The molecule has 4 aromatic rings. The van der Waals surface area contributed by atoms with Gasteiger partial charge in [0.15, 0.2) is 12.1 Å². The summed E-state index contributed by atoms with van der Waals surface area (Å²) < 4.78 is 66.7. The minimum absolute atomic E-state index is 0. The molecule has 4 aromatic carbocycles. The Hall–Kier alpha value is -1.39. The van der Waals surface area contributed by atoms with Gasteiger partial charge in [-0.2, -0.15) is 40.7 Å². The third-order valence-corrected chi connectivity index (χ3v) is 10.1. The number of carbonyl (C=O) groups is 2. The summed E-state index contributed by atoms with van der Waals surface area (Å²) in [5.41, 5.74) is 1.72. The van der Waals surface area contributed by atoms with Crippen LogP contribution >= 0.6 is 46.4 Å². The zero-order valence-corrected chi connectivity index (χ0v) is 40.3. The van der Waals surface area contributed by atoms with Crippen LogP contribution in [0.4, 0.5) is 22.7 Å². The Bertz CT molecular complexity index is 2320. The van der Waals surface area contributed by atoms with Gasteiger partial charge in [-0.05, 0) is 98.8 Å². The monoisotopic (exact) mass is 928 g/mol. The van der Waals surface area contributed by atoms with Crippen molar-refractivity contribution < 1.29 is 138 Å². The predicted octanol–water partition coefficient (Wildman–Crippen LogP) is 1.55. The Labute approximate surface area is 425 Å². The number of halogens is 4. The van der Waals surface area contributed by atoms with E-state index >= 15 is 0 Å². The topological polar surface area (TPSA) is 229 Å². The molecule has 2 unspecified atom stereocenters. The molecule has 0 aliphatic carbocycles. The summed E-state index contributed by atoms with van der Waals surface area (Å²) in [5.74, 6) is -0.885. The van der Waals surface area contributed by atoms with E-state index in [4.69, 9.17) is 46.4 Å². The largest absolute Gasteiger partial charge is 1.00 e. The number of amides is 2. The van der Waals surface area contributed by atoms with Gasteiger partial charge in [-0.1, -0.05) is 46.4 Å². The average molecular weight is 931 g/mol. The molecule has 280 valence electrons. The maximum atomic E-state index is 12.6. The minimum Gasteiger partial charge on any atom is -0.744 e. The van der Waals surface area contributed by atoms with E-state index in [2.05, 4.69) is 30.7 Å². The Morgan fingerprint density at radius 3 is 1.20 bits per heavy atom. The standard InChI is InChI=1S/2C16H12Cl2N4O4S.2K/c2*1-9-15(16(23)22(21-9)11-4-2-10(17)3-5-11)20-19-14-8-12(27(24,25)26)6-7-13(14)18;;/h2*2-8,15H,1H3,(H,24,25,26);;/q;;2*+1/p-2. The van der Waals surface area contributed by atoms with Crippen molar-refractivity contribution in [2.24, 2.45) is 30.7 Å². The Morgan fingerprint density at radius 2 is 0.893 bits per heavy atom. The summed E-state index contributed by atoms with van der Waals surface area (Å²) in [4.78, 5) is 24.2. The van der Waals surface area contributed by atoms with Crippen molar-refractivity contribution in [1.82, 2.24) is 0 Å². The summed E-state index contributed by atoms with van der Waals surface area (Å²) in [7, 11) is -9.34. The van der Waals surface area contributed by atoms with Gasteiger partial charge in [-0.3, -0.25) is 9.59 Å².